The van der Waals surface area contributed by atoms with Crippen molar-refractivity contribution >= 4 is 28.5 Å². The zero-order valence-corrected chi connectivity index (χ0v) is 12.3. The maximum absolute atomic E-state index is 12.2. The molecule has 1 unspecified atom stereocenters. The highest BCUT2D eigenvalue weighted by Crippen LogP contribution is 2.35. The number of hydrogen-bond donors (Lipinski definition) is 0. The minimum Gasteiger partial charge on any atom is -0.461 e. The third-order valence-corrected chi connectivity index (χ3v) is 5.42. The summed E-state index contributed by atoms with van der Waals surface area (Å²) in [7, 11) is 0. The first-order valence-electron chi connectivity index (χ1n) is 7.50. The van der Waals surface area contributed by atoms with Gasteiger partial charge in [-0.1, -0.05) is 12.1 Å². The van der Waals surface area contributed by atoms with E-state index in [-0.39, 0.29) is 5.78 Å². The third-order valence-electron chi connectivity index (χ3n) is 4.37. The molecule has 2 aromatic rings. The standard InChI is InChI=1S/C17H18O2S/c18-15(8-6-12-10-20-12)11-5-7-14-13-3-1-2-4-16(13)19-17(14)9-11/h5,7,9,12H,1-4,6,8,10H2. The second kappa shape index (κ2) is 4.96. The average molecular weight is 286 g/mol. The molecular formula is C17H18O2S. The molecule has 1 saturated heterocycles. The summed E-state index contributed by atoms with van der Waals surface area (Å²) in [5.41, 5.74) is 3.09. The van der Waals surface area contributed by atoms with Gasteiger partial charge in [0.15, 0.2) is 5.78 Å². The van der Waals surface area contributed by atoms with Crippen molar-refractivity contribution in [1.29, 1.82) is 0 Å². The number of aryl methyl sites for hydroxylation is 2. The molecule has 2 heterocycles. The molecule has 20 heavy (non-hydrogen) atoms. The van der Waals surface area contributed by atoms with Gasteiger partial charge in [0.1, 0.15) is 11.3 Å². The predicted octanol–water partition coefficient (Wildman–Crippen LogP) is 4.39. The van der Waals surface area contributed by atoms with Gasteiger partial charge in [-0.05, 0) is 31.7 Å². The van der Waals surface area contributed by atoms with E-state index in [4.69, 9.17) is 4.42 Å². The highest BCUT2D eigenvalue weighted by atomic mass is 32.2. The van der Waals surface area contributed by atoms with E-state index in [0.717, 1.165) is 41.4 Å². The molecule has 0 spiro atoms. The normalized spacial score (nSPS) is 20.9. The second-order valence-corrected chi connectivity index (χ2v) is 7.17. The minimum atomic E-state index is 0.258. The number of ketones is 1. The Morgan fingerprint density at radius 2 is 2.15 bits per heavy atom. The molecule has 2 nitrogen and oxygen atoms in total. The Hall–Kier alpha value is -1.22. The van der Waals surface area contributed by atoms with Crippen molar-refractivity contribution in [2.45, 2.75) is 43.8 Å². The lowest BCUT2D eigenvalue weighted by molar-refractivity contribution is 0.0981. The van der Waals surface area contributed by atoms with Gasteiger partial charge in [0.05, 0.1) is 0 Å². The molecule has 3 heteroatoms. The molecule has 1 atom stereocenters. The van der Waals surface area contributed by atoms with Gasteiger partial charge in [-0.2, -0.15) is 11.8 Å². The number of carbonyl (C=O) groups excluding carboxylic acids is 1. The van der Waals surface area contributed by atoms with Crippen molar-refractivity contribution in [3.05, 3.63) is 35.1 Å². The van der Waals surface area contributed by atoms with Gasteiger partial charge in [-0.15, -0.1) is 0 Å². The first kappa shape index (κ1) is 12.5. The van der Waals surface area contributed by atoms with Crippen LogP contribution in [0.1, 0.15) is 47.4 Å². The number of rotatable bonds is 4. The monoisotopic (exact) mass is 286 g/mol. The van der Waals surface area contributed by atoms with E-state index in [1.54, 1.807) is 0 Å². The fourth-order valence-electron chi connectivity index (χ4n) is 3.11. The van der Waals surface area contributed by atoms with Crippen molar-refractivity contribution < 1.29 is 9.21 Å². The van der Waals surface area contributed by atoms with Crippen LogP contribution in [0.2, 0.25) is 0 Å². The second-order valence-electron chi connectivity index (χ2n) is 5.84. The van der Waals surface area contributed by atoms with Crippen LogP contribution in [0, 0.1) is 0 Å². The highest BCUT2D eigenvalue weighted by Gasteiger charge is 2.23. The molecule has 0 bridgehead atoms. The smallest absolute Gasteiger partial charge is 0.163 e. The Labute approximate surface area is 122 Å². The maximum Gasteiger partial charge on any atom is 0.163 e. The third kappa shape index (κ3) is 2.28. The van der Waals surface area contributed by atoms with E-state index < -0.39 is 0 Å². The Morgan fingerprint density at radius 3 is 3.00 bits per heavy atom. The number of hydrogen-bond acceptors (Lipinski definition) is 3. The largest absolute Gasteiger partial charge is 0.461 e. The van der Waals surface area contributed by atoms with Crippen molar-refractivity contribution in [3.63, 3.8) is 0 Å². The SMILES string of the molecule is O=C(CCC1CS1)c1ccc2c3c(oc2c1)CCCC3. The molecule has 0 saturated carbocycles. The predicted molar refractivity (Wildman–Crippen MR) is 82.7 cm³/mol. The van der Waals surface area contributed by atoms with Crippen molar-refractivity contribution in [3.8, 4) is 0 Å². The summed E-state index contributed by atoms with van der Waals surface area (Å²) < 4.78 is 5.96. The van der Waals surface area contributed by atoms with Gasteiger partial charge in [-0.3, -0.25) is 4.79 Å². The molecule has 1 aromatic heterocycles. The van der Waals surface area contributed by atoms with Crippen LogP contribution < -0.4 is 0 Å². The van der Waals surface area contributed by atoms with Gasteiger partial charge in [0.25, 0.3) is 0 Å². The van der Waals surface area contributed by atoms with Crippen LogP contribution in [0.25, 0.3) is 11.0 Å². The molecule has 104 valence electrons. The quantitative estimate of drug-likeness (QED) is 0.617. The number of Topliss-reactive ketones (excluding diaryl/α,β-unsaturated/α-hetero) is 1. The first-order chi connectivity index (χ1) is 9.81. The molecule has 0 radical (unpaired) electrons. The zero-order valence-electron chi connectivity index (χ0n) is 11.5. The number of thioether (sulfide) groups is 1. The van der Waals surface area contributed by atoms with Gasteiger partial charge in [0, 0.05) is 40.4 Å². The van der Waals surface area contributed by atoms with Crippen LogP contribution >= 0.6 is 11.8 Å². The number of fused-ring (bicyclic) bond motifs is 3. The van der Waals surface area contributed by atoms with Gasteiger partial charge in [0.2, 0.25) is 0 Å². The van der Waals surface area contributed by atoms with Crippen LogP contribution in [0.3, 0.4) is 0 Å². The molecule has 4 rings (SSSR count). The highest BCUT2D eigenvalue weighted by molar-refractivity contribution is 8.06. The summed E-state index contributed by atoms with van der Waals surface area (Å²) in [5.74, 6) is 2.64. The van der Waals surface area contributed by atoms with E-state index in [9.17, 15) is 4.79 Å². The summed E-state index contributed by atoms with van der Waals surface area (Å²) in [6.45, 7) is 0. The van der Waals surface area contributed by atoms with Gasteiger partial charge in [-0.25, -0.2) is 0 Å². The molecule has 0 amide bonds. The number of furan rings is 1. The average Bonchev–Trinajstić information content (AvgIpc) is 3.23. The molecule has 1 fully saturated rings. The Kier molecular flexibility index (Phi) is 3.10. The molecule has 2 aliphatic rings. The van der Waals surface area contributed by atoms with E-state index in [2.05, 4.69) is 6.07 Å². The first-order valence-corrected chi connectivity index (χ1v) is 8.55. The molecule has 1 aliphatic heterocycles. The number of benzene rings is 1. The molecule has 1 aliphatic carbocycles. The van der Waals surface area contributed by atoms with Crippen LogP contribution in [0.5, 0.6) is 0 Å². The Bertz CT molecular complexity index is 667. The lowest BCUT2D eigenvalue weighted by Crippen LogP contribution is -2.00. The molecular weight excluding hydrogens is 268 g/mol. The fraction of sp³-hybridized carbons (Fsp3) is 0.471. The molecule has 0 N–H and O–H groups in total. The minimum absolute atomic E-state index is 0.258. The number of carbonyl (C=O) groups is 1. The lowest BCUT2D eigenvalue weighted by Gasteiger charge is -2.08. The lowest BCUT2D eigenvalue weighted by atomic mass is 9.95. The Morgan fingerprint density at radius 1 is 1.30 bits per heavy atom. The van der Waals surface area contributed by atoms with Crippen molar-refractivity contribution in [2.75, 3.05) is 5.75 Å². The van der Waals surface area contributed by atoms with Gasteiger partial charge < -0.3 is 4.42 Å². The summed E-state index contributed by atoms with van der Waals surface area (Å²) in [6.07, 6.45) is 6.33. The summed E-state index contributed by atoms with van der Waals surface area (Å²) >= 11 is 1.96. The van der Waals surface area contributed by atoms with E-state index in [1.165, 1.54) is 29.5 Å². The van der Waals surface area contributed by atoms with Crippen LogP contribution in [-0.2, 0) is 12.8 Å². The van der Waals surface area contributed by atoms with Gasteiger partial charge >= 0.3 is 0 Å². The fourth-order valence-corrected chi connectivity index (χ4v) is 3.70. The maximum atomic E-state index is 12.2. The van der Waals surface area contributed by atoms with E-state index in [0.29, 0.717) is 6.42 Å². The summed E-state index contributed by atoms with van der Waals surface area (Å²) in [4.78, 5) is 12.2. The molecule has 1 aromatic carbocycles. The van der Waals surface area contributed by atoms with Crippen molar-refractivity contribution in [1.82, 2.24) is 0 Å². The summed E-state index contributed by atoms with van der Waals surface area (Å²) in [5, 5.41) is 1.95. The van der Waals surface area contributed by atoms with Crippen LogP contribution in [0.15, 0.2) is 22.6 Å². The zero-order chi connectivity index (χ0) is 13.5. The topological polar surface area (TPSA) is 30.2 Å². The van der Waals surface area contributed by atoms with Crippen LogP contribution in [-0.4, -0.2) is 16.8 Å². The van der Waals surface area contributed by atoms with Crippen molar-refractivity contribution in [2.24, 2.45) is 0 Å². The summed E-state index contributed by atoms with van der Waals surface area (Å²) in [6, 6.07) is 6.02. The van der Waals surface area contributed by atoms with E-state index >= 15 is 0 Å². The van der Waals surface area contributed by atoms with Crippen LogP contribution in [0.4, 0.5) is 0 Å². The Balaban J connectivity index is 1.62. The van der Waals surface area contributed by atoms with E-state index in [1.807, 2.05) is 23.9 Å².